The molecule has 0 heterocycles. The molecule has 4 nitrogen and oxygen atoms in total. The summed E-state index contributed by atoms with van der Waals surface area (Å²) in [4.78, 5) is 13.6. The van der Waals surface area contributed by atoms with E-state index in [2.05, 4.69) is 29.3 Å². The topological polar surface area (TPSA) is 62.7 Å². The quantitative estimate of drug-likeness (QED) is 0.208. The smallest absolute Gasteiger partial charge is 0.421 e. The summed E-state index contributed by atoms with van der Waals surface area (Å²) in [5, 5.41) is 0. The number of nitrogens with zero attached hydrogens (tertiary/aromatic N) is 2. The van der Waals surface area contributed by atoms with Crippen LogP contribution in [0.4, 0.5) is 0 Å². The van der Waals surface area contributed by atoms with Gasteiger partial charge in [-0.05, 0) is 5.57 Å². The number of rotatable bonds is 5. The van der Waals surface area contributed by atoms with Gasteiger partial charge >= 0.3 is 11.7 Å². The molecule has 0 saturated heterocycles. The highest BCUT2D eigenvalue weighted by atomic mass is 16.5. The highest BCUT2D eigenvalue weighted by Gasteiger charge is 2.17. The molecule has 0 aromatic heterocycles. The molecule has 0 amide bonds. The minimum Gasteiger partial charge on any atom is -0.452 e. The second-order valence-corrected chi connectivity index (χ2v) is 2.13. The number of esters is 1. The fraction of sp³-hybridized carbons (Fsp3) is 0.111. The number of hydrogen-bond acceptors (Lipinski definition) is 2. The number of carbonyl (C=O) groups excluding carboxylic acids is 1. The Labute approximate surface area is 76.4 Å². The Morgan fingerprint density at radius 1 is 1.46 bits per heavy atom. The van der Waals surface area contributed by atoms with Crippen LogP contribution in [0, 0.1) is 0 Å². The van der Waals surface area contributed by atoms with E-state index in [0.717, 1.165) is 6.08 Å². The monoisotopic (exact) mass is 178 g/mol. The van der Waals surface area contributed by atoms with E-state index >= 15 is 0 Å². The number of carbonyl (C=O) groups is 1. The maximum Gasteiger partial charge on any atom is 0.421 e. The van der Waals surface area contributed by atoms with Crippen molar-refractivity contribution in [2.24, 2.45) is 0 Å². The van der Waals surface area contributed by atoms with E-state index in [1.165, 1.54) is 6.08 Å². The highest BCUT2D eigenvalue weighted by Crippen LogP contribution is 1.93. The van der Waals surface area contributed by atoms with Gasteiger partial charge in [-0.25, -0.2) is 4.79 Å². The molecule has 0 radical (unpaired) electrons. The van der Waals surface area contributed by atoms with Crippen LogP contribution in [-0.2, 0) is 9.53 Å². The highest BCUT2D eigenvalue weighted by molar-refractivity contribution is 6.38. The van der Waals surface area contributed by atoms with Gasteiger partial charge in [0.15, 0.2) is 0 Å². The SMILES string of the molecule is C=CC(=C)COC(=O)C(C=C)=[N+]=[N-]. The molecule has 0 spiro atoms. The van der Waals surface area contributed by atoms with Gasteiger partial charge in [0.25, 0.3) is 0 Å². The van der Waals surface area contributed by atoms with Gasteiger partial charge < -0.3 is 10.3 Å². The summed E-state index contributed by atoms with van der Waals surface area (Å²) in [5.41, 5.74) is 8.62. The molecule has 0 fully saturated rings. The molecule has 0 saturated carbocycles. The summed E-state index contributed by atoms with van der Waals surface area (Å²) >= 11 is 0. The third-order valence-corrected chi connectivity index (χ3v) is 1.19. The second-order valence-electron chi connectivity index (χ2n) is 2.13. The lowest BCUT2D eigenvalue weighted by Gasteiger charge is -1.98. The van der Waals surface area contributed by atoms with E-state index in [9.17, 15) is 4.79 Å². The molecular formula is C9H10N2O2. The molecule has 0 atom stereocenters. The Balaban J connectivity index is 4.16. The lowest BCUT2D eigenvalue weighted by atomic mass is 10.3. The molecule has 0 bridgehead atoms. The van der Waals surface area contributed by atoms with Crippen molar-refractivity contribution in [2.75, 3.05) is 6.61 Å². The van der Waals surface area contributed by atoms with Gasteiger partial charge in [-0.15, -0.1) is 0 Å². The Kier molecular flexibility index (Phi) is 4.84. The first-order valence-corrected chi connectivity index (χ1v) is 3.47. The molecule has 0 aliphatic heterocycles. The van der Waals surface area contributed by atoms with Crippen molar-refractivity contribution in [2.45, 2.75) is 0 Å². The molecule has 0 N–H and O–H groups in total. The maximum atomic E-state index is 11.0. The zero-order valence-electron chi connectivity index (χ0n) is 7.19. The van der Waals surface area contributed by atoms with Crippen molar-refractivity contribution in [1.82, 2.24) is 0 Å². The molecule has 13 heavy (non-hydrogen) atoms. The van der Waals surface area contributed by atoms with Crippen molar-refractivity contribution in [3.05, 3.63) is 43.0 Å². The zero-order chi connectivity index (χ0) is 10.3. The van der Waals surface area contributed by atoms with Crippen molar-refractivity contribution in [3.8, 4) is 0 Å². The molecule has 0 aliphatic rings. The van der Waals surface area contributed by atoms with E-state index in [1.54, 1.807) is 0 Å². The summed E-state index contributed by atoms with van der Waals surface area (Å²) in [6, 6.07) is 0. The first-order chi connectivity index (χ1) is 6.15. The van der Waals surface area contributed by atoms with Gasteiger partial charge in [-0.1, -0.05) is 25.8 Å². The molecule has 0 aromatic rings. The molecule has 0 aliphatic carbocycles. The van der Waals surface area contributed by atoms with Gasteiger partial charge in [0, 0.05) is 6.08 Å². The van der Waals surface area contributed by atoms with Crippen LogP contribution >= 0.6 is 0 Å². The Morgan fingerprint density at radius 3 is 2.46 bits per heavy atom. The Morgan fingerprint density at radius 2 is 2.08 bits per heavy atom. The van der Waals surface area contributed by atoms with Crippen LogP contribution in [0.3, 0.4) is 0 Å². The number of ether oxygens (including phenoxy) is 1. The van der Waals surface area contributed by atoms with Crippen LogP contribution in [0.5, 0.6) is 0 Å². The van der Waals surface area contributed by atoms with E-state index in [-0.39, 0.29) is 12.3 Å². The van der Waals surface area contributed by atoms with E-state index < -0.39 is 5.97 Å². The minimum absolute atomic E-state index is 0.0230. The molecule has 0 aromatic carbocycles. The van der Waals surface area contributed by atoms with E-state index in [1.807, 2.05) is 0 Å². The third kappa shape index (κ3) is 3.84. The predicted molar refractivity (Wildman–Crippen MR) is 49.1 cm³/mol. The maximum absolute atomic E-state index is 11.0. The standard InChI is InChI=1S/C9H10N2O2/c1-4-7(3)6-13-9(12)8(5-2)11-10/h4-5H,1-3,6H2. The summed E-state index contributed by atoms with van der Waals surface area (Å²) < 4.78 is 4.67. The fourth-order valence-electron chi connectivity index (χ4n) is 0.456. The van der Waals surface area contributed by atoms with Crippen molar-refractivity contribution >= 4 is 11.7 Å². The van der Waals surface area contributed by atoms with Crippen LogP contribution < -0.4 is 0 Å². The Bertz CT molecular complexity index is 299. The lowest BCUT2D eigenvalue weighted by Crippen LogP contribution is -2.17. The fourth-order valence-corrected chi connectivity index (χ4v) is 0.456. The predicted octanol–water partition coefficient (Wildman–Crippen LogP) is 1.13. The van der Waals surface area contributed by atoms with E-state index in [4.69, 9.17) is 5.53 Å². The number of hydrogen-bond donors (Lipinski definition) is 0. The van der Waals surface area contributed by atoms with Crippen LogP contribution in [0.2, 0.25) is 0 Å². The van der Waals surface area contributed by atoms with Gasteiger partial charge in [-0.3, -0.25) is 0 Å². The third-order valence-electron chi connectivity index (χ3n) is 1.19. The van der Waals surface area contributed by atoms with Crippen LogP contribution in [0.15, 0.2) is 37.5 Å². The van der Waals surface area contributed by atoms with Gasteiger partial charge in [0.1, 0.15) is 6.61 Å². The summed E-state index contributed by atoms with van der Waals surface area (Å²) in [7, 11) is 0. The second kappa shape index (κ2) is 5.69. The molecular weight excluding hydrogens is 168 g/mol. The molecule has 68 valence electrons. The van der Waals surface area contributed by atoms with Crippen LogP contribution in [0.1, 0.15) is 0 Å². The first-order valence-electron chi connectivity index (χ1n) is 3.47. The summed E-state index contributed by atoms with van der Waals surface area (Å²) in [6.45, 7) is 10.3. The van der Waals surface area contributed by atoms with E-state index in [0.29, 0.717) is 5.57 Å². The van der Waals surface area contributed by atoms with Gasteiger partial charge in [0.05, 0.1) is 0 Å². The average Bonchev–Trinajstić information content (AvgIpc) is 2.16. The van der Waals surface area contributed by atoms with Crippen LogP contribution in [0.25, 0.3) is 5.53 Å². The minimum atomic E-state index is -0.750. The molecule has 4 heteroatoms. The largest absolute Gasteiger partial charge is 0.452 e. The van der Waals surface area contributed by atoms with Crippen molar-refractivity contribution in [3.63, 3.8) is 0 Å². The first kappa shape index (κ1) is 11.1. The normalized spacial score (nSPS) is 8.00. The molecule has 0 unspecified atom stereocenters. The summed E-state index contributed by atoms with van der Waals surface area (Å²) in [5.74, 6) is -0.750. The van der Waals surface area contributed by atoms with Crippen molar-refractivity contribution < 1.29 is 14.3 Å². The average molecular weight is 178 g/mol. The Hall–Kier alpha value is -1.93. The lowest BCUT2D eigenvalue weighted by molar-refractivity contribution is -0.138. The molecule has 0 rings (SSSR count). The van der Waals surface area contributed by atoms with Gasteiger partial charge in [-0.2, -0.15) is 4.79 Å². The van der Waals surface area contributed by atoms with Crippen LogP contribution in [-0.4, -0.2) is 23.1 Å². The van der Waals surface area contributed by atoms with Crippen molar-refractivity contribution in [1.29, 1.82) is 0 Å². The summed E-state index contributed by atoms with van der Waals surface area (Å²) in [6.07, 6.45) is 2.57. The zero-order valence-corrected chi connectivity index (χ0v) is 7.19. The van der Waals surface area contributed by atoms with Gasteiger partial charge in [0.2, 0.25) is 0 Å².